The molecule has 3 nitrogen and oxygen atoms in total. The normalized spacial score (nSPS) is 14.5. The molecule has 0 aliphatic rings. The van der Waals surface area contributed by atoms with Gasteiger partial charge in [-0.2, -0.15) is 0 Å². The second kappa shape index (κ2) is 4.74. The molecule has 1 atom stereocenters. The second-order valence-electron chi connectivity index (χ2n) is 3.65. The van der Waals surface area contributed by atoms with Gasteiger partial charge in [0.05, 0.1) is 5.25 Å². The number of Topliss-reactive ketones (excluding diaryl/α,β-unsaturated/α-hetero) is 1. The van der Waals surface area contributed by atoms with Gasteiger partial charge in [-0.1, -0.05) is 20.8 Å². The quantitative estimate of drug-likeness (QED) is 0.683. The van der Waals surface area contributed by atoms with Crippen molar-refractivity contribution < 1.29 is 13.2 Å². The molecule has 0 radical (unpaired) electrons. The van der Waals surface area contributed by atoms with Crippen LogP contribution < -0.4 is 0 Å². The molecule has 0 aromatic rings. The van der Waals surface area contributed by atoms with Gasteiger partial charge in [0, 0.05) is 5.92 Å². The lowest BCUT2D eigenvalue weighted by Crippen LogP contribution is -2.27. The summed E-state index contributed by atoms with van der Waals surface area (Å²) in [5, 5.41) is -0.407. The summed E-state index contributed by atoms with van der Waals surface area (Å²) in [6.45, 7) is 6.88. The fraction of sp³-hybridized carbons (Fsp3) is 0.889. The summed E-state index contributed by atoms with van der Waals surface area (Å²) in [4.78, 5) is 11.2. The molecule has 0 aromatic carbocycles. The minimum Gasteiger partial charge on any atom is -0.298 e. The van der Waals surface area contributed by atoms with Crippen LogP contribution in [0.5, 0.6) is 0 Å². The first-order valence-corrected chi connectivity index (χ1v) is 6.27. The van der Waals surface area contributed by atoms with Crippen molar-refractivity contribution in [3.8, 4) is 0 Å². The third-order valence-corrected chi connectivity index (χ3v) is 4.42. The lowest BCUT2D eigenvalue weighted by Gasteiger charge is -2.10. The van der Waals surface area contributed by atoms with Gasteiger partial charge < -0.3 is 0 Å². The minimum absolute atomic E-state index is 0.194. The Kier molecular flexibility index (Phi) is 4.61. The zero-order chi connectivity index (χ0) is 10.6. The van der Waals surface area contributed by atoms with Crippen LogP contribution in [0.2, 0.25) is 0 Å². The summed E-state index contributed by atoms with van der Waals surface area (Å²) in [7, 11) is -3.20. The molecular weight excluding hydrogens is 188 g/mol. The molecule has 4 heteroatoms. The summed E-state index contributed by atoms with van der Waals surface area (Å²) < 4.78 is 22.9. The highest BCUT2D eigenvalue weighted by Gasteiger charge is 2.23. The fourth-order valence-corrected chi connectivity index (χ4v) is 2.28. The van der Waals surface area contributed by atoms with Crippen LogP contribution in [0, 0.1) is 5.92 Å². The Labute approximate surface area is 80.4 Å². The van der Waals surface area contributed by atoms with E-state index in [1.165, 1.54) is 0 Å². The van der Waals surface area contributed by atoms with Crippen molar-refractivity contribution in [2.75, 3.05) is 5.75 Å². The van der Waals surface area contributed by atoms with E-state index in [4.69, 9.17) is 0 Å². The monoisotopic (exact) mass is 206 g/mol. The van der Waals surface area contributed by atoms with Gasteiger partial charge in [0.1, 0.15) is 11.5 Å². The Morgan fingerprint density at radius 1 is 1.23 bits per heavy atom. The molecule has 0 amide bonds. The Morgan fingerprint density at radius 2 is 1.69 bits per heavy atom. The molecule has 0 aromatic heterocycles. The van der Waals surface area contributed by atoms with Crippen molar-refractivity contribution in [3.05, 3.63) is 0 Å². The highest BCUT2D eigenvalue weighted by Crippen LogP contribution is 2.08. The largest absolute Gasteiger partial charge is 0.298 e. The Morgan fingerprint density at radius 3 is 2.00 bits per heavy atom. The van der Waals surface area contributed by atoms with Crippen LogP contribution in [-0.2, 0) is 14.6 Å². The van der Waals surface area contributed by atoms with E-state index in [1.54, 1.807) is 20.8 Å². The Hall–Kier alpha value is -0.380. The predicted molar refractivity (Wildman–Crippen MR) is 53.4 cm³/mol. The first-order chi connectivity index (χ1) is 5.81. The predicted octanol–water partition coefficient (Wildman–Crippen LogP) is 1.42. The average molecular weight is 206 g/mol. The van der Waals surface area contributed by atoms with Crippen LogP contribution in [0.3, 0.4) is 0 Å². The number of ketones is 1. The molecule has 0 spiro atoms. The van der Waals surface area contributed by atoms with E-state index in [0.29, 0.717) is 6.42 Å². The van der Waals surface area contributed by atoms with Crippen LogP contribution in [0.1, 0.15) is 34.1 Å². The van der Waals surface area contributed by atoms with Crippen LogP contribution in [-0.4, -0.2) is 25.2 Å². The van der Waals surface area contributed by atoms with Crippen LogP contribution in [0.25, 0.3) is 0 Å². The van der Waals surface area contributed by atoms with Gasteiger partial charge in [-0.25, -0.2) is 8.42 Å². The van der Waals surface area contributed by atoms with E-state index in [9.17, 15) is 13.2 Å². The first kappa shape index (κ1) is 12.6. The zero-order valence-electron chi connectivity index (χ0n) is 8.70. The maximum Gasteiger partial charge on any atom is 0.159 e. The maximum absolute atomic E-state index is 11.5. The van der Waals surface area contributed by atoms with Crippen molar-refractivity contribution in [1.82, 2.24) is 0 Å². The van der Waals surface area contributed by atoms with Crippen LogP contribution in [0.4, 0.5) is 0 Å². The number of hydrogen-bond acceptors (Lipinski definition) is 3. The SMILES string of the molecule is CCC(C)S(=O)(=O)CC(=O)C(C)C. The van der Waals surface area contributed by atoms with E-state index in [-0.39, 0.29) is 17.5 Å². The number of carbonyl (C=O) groups is 1. The maximum atomic E-state index is 11.5. The molecule has 0 heterocycles. The third kappa shape index (κ3) is 3.89. The van der Waals surface area contributed by atoms with Gasteiger partial charge in [-0.15, -0.1) is 0 Å². The number of rotatable bonds is 5. The molecule has 0 rings (SSSR count). The summed E-state index contributed by atoms with van der Waals surface area (Å²) in [5.74, 6) is -0.696. The lowest BCUT2D eigenvalue weighted by atomic mass is 10.1. The fourth-order valence-electron chi connectivity index (χ4n) is 0.761. The molecule has 0 fully saturated rings. The van der Waals surface area contributed by atoms with Gasteiger partial charge in [-0.3, -0.25) is 4.79 Å². The minimum atomic E-state index is -3.20. The Balaban J connectivity index is 4.44. The molecule has 0 N–H and O–H groups in total. The van der Waals surface area contributed by atoms with Gasteiger partial charge in [0.25, 0.3) is 0 Å². The highest BCUT2D eigenvalue weighted by atomic mass is 32.2. The average Bonchev–Trinajstić information content (AvgIpc) is 2.01. The van der Waals surface area contributed by atoms with Gasteiger partial charge in [-0.05, 0) is 13.3 Å². The molecule has 0 bridgehead atoms. The smallest absolute Gasteiger partial charge is 0.159 e. The standard InChI is InChI=1S/C9H18O3S/c1-5-8(4)13(11,12)6-9(10)7(2)3/h7-8H,5-6H2,1-4H3. The van der Waals surface area contributed by atoms with E-state index in [0.717, 1.165) is 0 Å². The Bertz CT molecular complexity index is 265. The van der Waals surface area contributed by atoms with E-state index in [1.807, 2.05) is 6.92 Å². The van der Waals surface area contributed by atoms with Crippen molar-refractivity contribution in [3.63, 3.8) is 0 Å². The van der Waals surface area contributed by atoms with E-state index in [2.05, 4.69) is 0 Å². The van der Waals surface area contributed by atoms with Crippen molar-refractivity contribution in [1.29, 1.82) is 0 Å². The van der Waals surface area contributed by atoms with Crippen LogP contribution in [0.15, 0.2) is 0 Å². The van der Waals surface area contributed by atoms with E-state index < -0.39 is 15.1 Å². The molecule has 1 unspecified atom stereocenters. The van der Waals surface area contributed by atoms with Gasteiger partial charge in [0.15, 0.2) is 9.84 Å². The summed E-state index contributed by atoms with van der Waals surface area (Å²) in [5.41, 5.74) is 0. The number of carbonyl (C=O) groups excluding carboxylic acids is 1. The third-order valence-electron chi connectivity index (χ3n) is 2.18. The van der Waals surface area contributed by atoms with Gasteiger partial charge >= 0.3 is 0 Å². The number of hydrogen-bond donors (Lipinski definition) is 0. The van der Waals surface area contributed by atoms with Crippen molar-refractivity contribution in [2.24, 2.45) is 5.92 Å². The molecule has 0 aliphatic carbocycles. The van der Waals surface area contributed by atoms with Gasteiger partial charge in [0.2, 0.25) is 0 Å². The second-order valence-corrected chi connectivity index (χ2v) is 6.07. The van der Waals surface area contributed by atoms with Crippen molar-refractivity contribution in [2.45, 2.75) is 39.4 Å². The molecule has 0 saturated carbocycles. The van der Waals surface area contributed by atoms with Crippen LogP contribution >= 0.6 is 0 Å². The summed E-state index contributed by atoms with van der Waals surface area (Å²) in [6, 6.07) is 0. The lowest BCUT2D eigenvalue weighted by molar-refractivity contribution is -0.119. The molecular formula is C9H18O3S. The first-order valence-electron chi connectivity index (χ1n) is 4.55. The summed E-state index contributed by atoms with van der Waals surface area (Å²) in [6.07, 6.45) is 0.563. The van der Waals surface area contributed by atoms with E-state index >= 15 is 0 Å². The molecule has 0 saturated heterocycles. The molecule has 0 aliphatic heterocycles. The zero-order valence-corrected chi connectivity index (χ0v) is 9.52. The summed E-state index contributed by atoms with van der Waals surface area (Å²) >= 11 is 0. The topological polar surface area (TPSA) is 51.2 Å². The number of sulfone groups is 1. The molecule has 13 heavy (non-hydrogen) atoms. The van der Waals surface area contributed by atoms with Crippen molar-refractivity contribution >= 4 is 15.6 Å². The molecule has 78 valence electrons. The highest BCUT2D eigenvalue weighted by molar-refractivity contribution is 7.92.